The number of imide groups is 1. The summed E-state index contributed by atoms with van der Waals surface area (Å²) in [5.41, 5.74) is -1.08. The summed E-state index contributed by atoms with van der Waals surface area (Å²) in [5.74, 6) is -4.20. The molecule has 2 aliphatic heterocycles. The number of hydrogen-bond acceptors (Lipinski definition) is 11. The molecule has 5 aromatic rings. The Bertz CT molecular complexity index is 2300. The van der Waals surface area contributed by atoms with Crippen LogP contribution in [0.1, 0.15) is 48.0 Å². The molecule has 3 N–H and O–H groups in total. The van der Waals surface area contributed by atoms with Crippen LogP contribution in [-0.4, -0.2) is 92.0 Å². The largest absolute Gasteiger partial charge is 0.401 e. The topological polar surface area (TPSA) is 178 Å². The first-order valence-corrected chi connectivity index (χ1v) is 17.5. The van der Waals surface area contributed by atoms with Gasteiger partial charge >= 0.3 is 12.2 Å². The Balaban J connectivity index is 0.916. The van der Waals surface area contributed by atoms with Crippen molar-refractivity contribution in [2.24, 2.45) is 0 Å². The van der Waals surface area contributed by atoms with Crippen LogP contribution in [0.3, 0.4) is 0 Å². The minimum atomic E-state index is -4.58. The normalized spacial score (nSPS) is 15.6. The first-order valence-electron chi connectivity index (χ1n) is 17.5. The molecule has 0 spiro atoms. The highest BCUT2D eigenvalue weighted by Gasteiger charge is 2.51. The lowest BCUT2D eigenvalue weighted by molar-refractivity contribution is -0.182. The summed E-state index contributed by atoms with van der Waals surface area (Å²) in [7, 11) is 0. The average molecular weight is 798 g/mol. The van der Waals surface area contributed by atoms with Gasteiger partial charge in [0.2, 0.25) is 11.7 Å². The zero-order valence-corrected chi connectivity index (χ0v) is 30.3. The van der Waals surface area contributed by atoms with Crippen molar-refractivity contribution in [2.45, 2.75) is 44.9 Å². The molecule has 2 aromatic carbocycles. The maximum atomic E-state index is 15.4. The van der Waals surface area contributed by atoms with Gasteiger partial charge in [-0.2, -0.15) is 18.3 Å². The fraction of sp³-hybridized carbons (Fsp3) is 0.333. The lowest BCUT2D eigenvalue weighted by Gasteiger charge is -2.36. The molecule has 15 nitrogen and oxygen atoms in total. The van der Waals surface area contributed by atoms with Gasteiger partial charge in [-0.15, -0.1) is 0 Å². The first kappa shape index (κ1) is 38.9. The van der Waals surface area contributed by atoms with Gasteiger partial charge in [0.1, 0.15) is 22.7 Å². The Morgan fingerprint density at radius 1 is 0.930 bits per heavy atom. The molecular weight excluding hydrogens is 764 g/mol. The molecule has 4 amide bonds. The van der Waals surface area contributed by atoms with Crippen molar-refractivity contribution in [3.63, 3.8) is 0 Å². The van der Waals surface area contributed by atoms with E-state index >= 15 is 13.2 Å². The van der Waals surface area contributed by atoms with Crippen molar-refractivity contribution in [1.82, 2.24) is 45.8 Å². The molecule has 3 aromatic heterocycles. The van der Waals surface area contributed by atoms with E-state index in [0.717, 1.165) is 18.7 Å². The summed E-state index contributed by atoms with van der Waals surface area (Å²) in [6, 6.07) is 7.50. The number of halogens is 6. The maximum absolute atomic E-state index is 15.4. The van der Waals surface area contributed by atoms with Gasteiger partial charge in [0, 0.05) is 81.0 Å². The van der Waals surface area contributed by atoms with Crippen LogP contribution in [0.25, 0.3) is 22.6 Å². The second-order valence-electron chi connectivity index (χ2n) is 13.9. The summed E-state index contributed by atoms with van der Waals surface area (Å²) < 4.78 is 90.4. The standard InChI is InChI=1S/C36H33F6N11O4/c1-35(2,36(40,41)42)33-46-28(48-49-33)17-45-32(55)27-14-26(50-57-27)31-43-15-20(16-44-31)22-4-3-19(11-23(22)37)18-51-7-9-52(10-8-51)21-12-24(38)30(25(39)13-21)53-6-5-29(54)47-34(53)56/h3-4,11-16H,5-10,17-18H2,1-2H3,(H,45,55)(H,46,48,49)(H,47,54,56). The average Bonchev–Trinajstić information content (AvgIpc) is 3.86. The Kier molecular flexibility index (Phi) is 10.4. The monoisotopic (exact) mass is 797 g/mol. The van der Waals surface area contributed by atoms with Crippen LogP contribution >= 0.6 is 0 Å². The number of nitrogens with zero attached hydrogens (tertiary/aromatic N) is 8. The molecular formula is C36H33F6N11O4. The van der Waals surface area contributed by atoms with Gasteiger partial charge in [-0.3, -0.25) is 29.8 Å². The minimum Gasteiger partial charge on any atom is -0.369 e. The molecule has 21 heteroatoms. The molecule has 2 fully saturated rings. The Hall–Kier alpha value is -6.38. The van der Waals surface area contributed by atoms with Crippen LogP contribution in [0.4, 0.5) is 42.5 Å². The highest BCUT2D eigenvalue weighted by molar-refractivity contribution is 6.05. The van der Waals surface area contributed by atoms with Crippen molar-refractivity contribution < 1.29 is 45.2 Å². The van der Waals surface area contributed by atoms with E-state index in [-0.39, 0.29) is 48.2 Å². The molecule has 298 valence electrons. The Morgan fingerprint density at radius 2 is 1.63 bits per heavy atom. The number of H-pyrrole nitrogens is 1. The molecule has 0 atom stereocenters. The van der Waals surface area contributed by atoms with Gasteiger partial charge in [0.15, 0.2) is 29.0 Å². The van der Waals surface area contributed by atoms with Crippen molar-refractivity contribution in [3.05, 3.63) is 89.2 Å². The highest BCUT2D eigenvalue weighted by atomic mass is 19.4. The molecule has 2 saturated heterocycles. The second-order valence-corrected chi connectivity index (χ2v) is 13.9. The molecule has 0 saturated carbocycles. The molecule has 0 aliphatic carbocycles. The first-order chi connectivity index (χ1) is 27.1. The van der Waals surface area contributed by atoms with Crippen LogP contribution in [0.2, 0.25) is 0 Å². The van der Waals surface area contributed by atoms with Gasteiger partial charge in [0.05, 0.1) is 6.54 Å². The van der Waals surface area contributed by atoms with Crippen LogP contribution in [0.15, 0.2) is 53.3 Å². The summed E-state index contributed by atoms with van der Waals surface area (Å²) in [4.78, 5) is 53.2. The number of anilines is 2. The Morgan fingerprint density at radius 3 is 2.28 bits per heavy atom. The molecule has 5 heterocycles. The van der Waals surface area contributed by atoms with E-state index in [1.54, 1.807) is 12.1 Å². The summed E-state index contributed by atoms with van der Waals surface area (Å²) in [6.07, 6.45) is -1.88. The highest BCUT2D eigenvalue weighted by Crippen LogP contribution is 2.38. The zero-order valence-electron chi connectivity index (χ0n) is 30.3. The predicted molar refractivity (Wildman–Crippen MR) is 189 cm³/mol. The van der Waals surface area contributed by atoms with Gasteiger partial charge in [-0.05, 0) is 37.6 Å². The lowest BCUT2D eigenvalue weighted by atomic mass is 9.92. The predicted octanol–water partition coefficient (Wildman–Crippen LogP) is 4.87. The molecule has 0 bridgehead atoms. The second kappa shape index (κ2) is 15.3. The van der Waals surface area contributed by atoms with Gasteiger partial charge in [-0.1, -0.05) is 17.3 Å². The third-order valence-corrected chi connectivity index (χ3v) is 9.64. The van der Waals surface area contributed by atoms with Gasteiger partial charge in [0.25, 0.3) is 5.91 Å². The van der Waals surface area contributed by atoms with E-state index in [1.165, 1.54) is 36.7 Å². The van der Waals surface area contributed by atoms with Crippen LogP contribution in [-0.2, 0) is 23.3 Å². The third-order valence-electron chi connectivity index (χ3n) is 9.64. The number of amides is 4. The molecule has 57 heavy (non-hydrogen) atoms. The van der Waals surface area contributed by atoms with Crippen molar-refractivity contribution >= 4 is 29.2 Å². The molecule has 7 rings (SSSR count). The number of urea groups is 1. The summed E-state index contributed by atoms with van der Waals surface area (Å²) in [5, 5.41) is 14.3. The smallest absolute Gasteiger partial charge is 0.369 e. The fourth-order valence-electron chi connectivity index (χ4n) is 6.20. The number of nitrogens with one attached hydrogen (secondary N) is 3. The molecule has 0 radical (unpaired) electrons. The van der Waals surface area contributed by atoms with Crippen molar-refractivity contribution in [1.29, 1.82) is 0 Å². The fourth-order valence-corrected chi connectivity index (χ4v) is 6.20. The summed E-state index contributed by atoms with van der Waals surface area (Å²) >= 11 is 0. The number of rotatable bonds is 10. The number of aromatic amines is 1. The SMILES string of the molecule is CC(C)(c1n[nH]c(CNC(=O)c2cc(-c3ncc(-c4ccc(CN5CCN(c6cc(F)c(N7CCC(=O)NC7=O)c(F)c6)CC5)cc4F)cn3)no2)n1)C(F)(F)F. The zero-order chi connectivity index (χ0) is 40.6. The van der Waals surface area contributed by atoms with E-state index in [0.29, 0.717) is 49.5 Å². The van der Waals surface area contributed by atoms with Crippen molar-refractivity contribution in [2.75, 3.05) is 42.5 Å². The van der Waals surface area contributed by atoms with Gasteiger partial charge in [-0.25, -0.2) is 32.9 Å². The van der Waals surface area contributed by atoms with Gasteiger partial charge < -0.3 is 14.7 Å². The van der Waals surface area contributed by atoms with Crippen molar-refractivity contribution in [3.8, 4) is 22.6 Å². The summed E-state index contributed by atoms with van der Waals surface area (Å²) in [6.45, 7) is 3.83. The number of aromatic nitrogens is 6. The van der Waals surface area contributed by atoms with Crippen LogP contribution in [0.5, 0.6) is 0 Å². The third kappa shape index (κ3) is 8.13. The van der Waals surface area contributed by atoms with E-state index in [1.807, 2.05) is 4.90 Å². The Labute approximate surface area is 319 Å². The minimum absolute atomic E-state index is 0.00143. The van der Waals surface area contributed by atoms with E-state index in [9.17, 15) is 27.6 Å². The molecule has 0 unspecified atom stereocenters. The number of benzene rings is 2. The van der Waals surface area contributed by atoms with E-state index in [2.05, 4.69) is 45.8 Å². The molecule has 2 aliphatic rings. The quantitative estimate of drug-likeness (QED) is 0.164. The van der Waals surface area contributed by atoms with E-state index < -0.39 is 58.4 Å². The number of piperazine rings is 1. The number of carbonyl (C=O) groups excluding carboxylic acids is 3. The maximum Gasteiger partial charge on any atom is 0.401 e. The number of hydrogen-bond donors (Lipinski definition) is 3. The van der Waals surface area contributed by atoms with Crippen LogP contribution < -0.4 is 20.4 Å². The number of carbonyl (C=O) groups is 3. The lowest BCUT2D eigenvalue weighted by Crippen LogP contribution is -2.50. The number of alkyl halides is 3. The van der Waals surface area contributed by atoms with E-state index in [4.69, 9.17) is 4.52 Å². The van der Waals surface area contributed by atoms with Crippen LogP contribution in [0, 0.1) is 17.5 Å².